The third kappa shape index (κ3) is 3.17. The maximum atomic E-state index is 6.38. The van der Waals surface area contributed by atoms with Crippen molar-refractivity contribution < 1.29 is 0 Å². The van der Waals surface area contributed by atoms with Gasteiger partial charge < -0.3 is 5.73 Å². The molecule has 6 heteroatoms. The molecule has 3 rings (SSSR count). The number of benzene rings is 2. The van der Waals surface area contributed by atoms with Gasteiger partial charge in [0, 0.05) is 27.3 Å². The third-order valence-corrected chi connectivity index (χ3v) is 4.70. The van der Waals surface area contributed by atoms with Gasteiger partial charge in [-0.1, -0.05) is 39.1 Å². The molecule has 118 valence electrons. The first-order valence-corrected chi connectivity index (χ1v) is 8.56. The number of nitrogens with two attached hydrogens (primary N) is 1. The largest absolute Gasteiger partial charge is 0.325 e. The van der Waals surface area contributed by atoms with Crippen LogP contribution in [-0.4, -0.2) is 9.55 Å². The van der Waals surface area contributed by atoms with Crippen molar-refractivity contribution in [1.82, 2.24) is 9.55 Å². The van der Waals surface area contributed by atoms with Crippen LogP contribution in [0.1, 0.15) is 11.4 Å². The highest BCUT2D eigenvalue weighted by Crippen LogP contribution is 2.33. The quantitative estimate of drug-likeness (QED) is 0.630. The number of hydrogen-bond donors (Lipinski definition) is 1. The molecule has 0 saturated heterocycles. The summed E-state index contributed by atoms with van der Waals surface area (Å²) in [5.74, 6) is 0.756. The van der Waals surface area contributed by atoms with E-state index in [4.69, 9.17) is 28.9 Å². The molecule has 0 atom stereocenters. The summed E-state index contributed by atoms with van der Waals surface area (Å²) in [4.78, 5) is 4.68. The van der Waals surface area contributed by atoms with Crippen molar-refractivity contribution in [2.75, 3.05) is 0 Å². The Morgan fingerprint density at radius 3 is 2.43 bits per heavy atom. The van der Waals surface area contributed by atoms with Crippen molar-refractivity contribution in [1.29, 1.82) is 0 Å². The summed E-state index contributed by atoms with van der Waals surface area (Å²) in [7, 11) is 0. The van der Waals surface area contributed by atoms with Gasteiger partial charge in [0.2, 0.25) is 0 Å². The predicted molar refractivity (Wildman–Crippen MR) is 99.3 cm³/mol. The molecule has 2 N–H and O–H groups in total. The zero-order valence-electron chi connectivity index (χ0n) is 12.4. The fourth-order valence-electron chi connectivity index (χ4n) is 2.52. The van der Waals surface area contributed by atoms with E-state index in [1.54, 1.807) is 12.1 Å². The molecule has 0 saturated carbocycles. The molecule has 0 radical (unpaired) electrons. The smallest absolute Gasteiger partial charge is 0.146 e. The molecule has 1 aromatic heterocycles. The maximum Gasteiger partial charge on any atom is 0.146 e. The summed E-state index contributed by atoms with van der Waals surface area (Å²) in [5, 5.41) is 1.15. The van der Waals surface area contributed by atoms with Crippen LogP contribution < -0.4 is 5.73 Å². The van der Waals surface area contributed by atoms with Crippen LogP contribution >= 0.6 is 39.1 Å². The standard InChI is InChI=1S/C17H14BrCl2N3/c1-10-16(9-21)23(13-5-2-11(18)3-6-13)17(22-10)14-7-4-12(19)8-15(14)20/h2-8H,9,21H2,1H3. The van der Waals surface area contributed by atoms with E-state index in [9.17, 15) is 0 Å². The van der Waals surface area contributed by atoms with Crippen molar-refractivity contribution in [3.8, 4) is 17.1 Å². The average Bonchev–Trinajstić information content (AvgIpc) is 2.84. The Bertz CT molecular complexity index is 857. The molecule has 0 aliphatic heterocycles. The van der Waals surface area contributed by atoms with Gasteiger partial charge >= 0.3 is 0 Å². The van der Waals surface area contributed by atoms with Gasteiger partial charge in [0.05, 0.1) is 16.4 Å². The molecule has 0 spiro atoms. The number of hydrogen-bond acceptors (Lipinski definition) is 2. The van der Waals surface area contributed by atoms with Crippen molar-refractivity contribution in [2.45, 2.75) is 13.5 Å². The van der Waals surface area contributed by atoms with E-state index in [-0.39, 0.29) is 0 Å². The van der Waals surface area contributed by atoms with Crippen LogP contribution in [0.15, 0.2) is 46.9 Å². The molecule has 0 unspecified atom stereocenters. The molecular formula is C17H14BrCl2N3. The minimum absolute atomic E-state index is 0.389. The van der Waals surface area contributed by atoms with Crippen LogP contribution in [0.4, 0.5) is 0 Å². The first-order chi connectivity index (χ1) is 11.0. The minimum atomic E-state index is 0.389. The zero-order chi connectivity index (χ0) is 16.6. The first-order valence-electron chi connectivity index (χ1n) is 7.01. The monoisotopic (exact) mass is 409 g/mol. The van der Waals surface area contributed by atoms with E-state index in [1.165, 1.54) is 0 Å². The van der Waals surface area contributed by atoms with Gasteiger partial charge in [-0.25, -0.2) is 4.98 Å². The topological polar surface area (TPSA) is 43.8 Å². The number of imidazole rings is 1. The summed E-state index contributed by atoms with van der Waals surface area (Å²) >= 11 is 15.8. The highest BCUT2D eigenvalue weighted by molar-refractivity contribution is 9.10. The molecule has 0 aliphatic carbocycles. The van der Waals surface area contributed by atoms with E-state index < -0.39 is 0 Å². The van der Waals surface area contributed by atoms with Gasteiger partial charge in [-0.15, -0.1) is 0 Å². The summed E-state index contributed by atoms with van der Waals surface area (Å²) < 4.78 is 3.05. The first kappa shape index (κ1) is 16.5. The second-order valence-corrected chi connectivity index (χ2v) is 6.87. The van der Waals surface area contributed by atoms with Gasteiger partial charge in [0.15, 0.2) is 0 Å². The van der Waals surface area contributed by atoms with Gasteiger partial charge in [-0.3, -0.25) is 4.57 Å². The molecule has 0 aliphatic rings. The second-order valence-electron chi connectivity index (χ2n) is 5.11. The van der Waals surface area contributed by atoms with E-state index in [1.807, 2.05) is 41.8 Å². The number of rotatable bonds is 3. The number of nitrogens with zero attached hydrogens (tertiary/aromatic N) is 2. The molecule has 3 aromatic rings. The highest BCUT2D eigenvalue weighted by atomic mass is 79.9. The molecule has 1 heterocycles. The lowest BCUT2D eigenvalue weighted by atomic mass is 10.2. The summed E-state index contributed by atoms with van der Waals surface area (Å²) in [6, 6.07) is 13.4. The summed E-state index contributed by atoms with van der Waals surface area (Å²) in [6.07, 6.45) is 0. The lowest BCUT2D eigenvalue weighted by molar-refractivity contribution is 0.905. The number of halogens is 3. The van der Waals surface area contributed by atoms with Crippen LogP contribution in [0.25, 0.3) is 17.1 Å². The fourth-order valence-corrected chi connectivity index (χ4v) is 3.28. The van der Waals surface area contributed by atoms with Gasteiger partial charge in [-0.05, 0) is 49.4 Å². The molecule has 2 aromatic carbocycles. The Kier molecular flexibility index (Phi) is 4.78. The Labute approximate surface area is 153 Å². The number of aryl methyl sites for hydroxylation is 1. The lowest BCUT2D eigenvalue weighted by Gasteiger charge is -2.13. The van der Waals surface area contributed by atoms with Gasteiger partial charge in [0.25, 0.3) is 0 Å². The Morgan fingerprint density at radius 1 is 1.13 bits per heavy atom. The van der Waals surface area contributed by atoms with Crippen molar-refractivity contribution >= 4 is 39.1 Å². The van der Waals surface area contributed by atoms with Gasteiger partial charge in [-0.2, -0.15) is 0 Å². The maximum absolute atomic E-state index is 6.38. The van der Waals surface area contributed by atoms with Crippen LogP contribution in [0.3, 0.4) is 0 Å². The van der Waals surface area contributed by atoms with Crippen LogP contribution in [0, 0.1) is 6.92 Å². The van der Waals surface area contributed by atoms with E-state index in [2.05, 4.69) is 20.9 Å². The molecular weight excluding hydrogens is 397 g/mol. The van der Waals surface area contributed by atoms with E-state index in [0.29, 0.717) is 16.6 Å². The van der Waals surface area contributed by atoms with Gasteiger partial charge in [0.1, 0.15) is 5.82 Å². The highest BCUT2D eigenvalue weighted by Gasteiger charge is 2.18. The summed E-state index contributed by atoms with van der Waals surface area (Å²) in [5.41, 5.74) is 9.59. The second kappa shape index (κ2) is 6.65. The van der Waals surface area contributed by atoms with Crippen molar-refractivity contribution in [2.24, 2.45) is 5.73 Å². The number of aromatic nitrogens is 2. The zero-order valence-corrected chi connectivity index (χ0v) is 15.5. The van der Waals surface area contributed by atoms with E-state index >= 15 is 0 Å². The molecule has 0 fully saturated rings. The third-order valence-electron chi connectivity index (χ3n) is 3.62. The average molecular weight is 411 g/mol. The van der Waals surface area contributed by atoms with E-state index in [0.717, 1.165) is 32.9 Å². The molecule has 0 amide bonds. The van der Waals surface area contributed by atoms with Crippen molar-refractivity contribution in [3.05, 3.63) is 68.4 Å². The Morgan fingerprint density at radius 2 is 1.83 bits per heavy atom. The van der Waals surface area contributed by atoms with Crippen LogP contribution in [-0.2, 0) is 6.54 Å². The fraction of sp³-hybridized carbons (Fsp3) is 0.118. The van der Waals surface area contributed by atoms with Crippen LogP contribution in [0.2, 0.25) is 10.0 Å². The minimum Gasteiger partial charge on any atom is -0.325 e. The molecule has 23 heavy (non-hydrogen) atoms. The normalized spacial score (nSPS) is 11.0. The van der Waals surface area contributed by atoms with Crippen molar-refractivity contribution in [3.63, 3.8) is 0 Å². The molecule has 0 bridgehead atoms. The molecule has 3 nitrogen and oxygen atoms in total. The Hall–Kier alpha value is -1.33. The summed E-state index contributed by atoms with van der Waals surface area (Å²) in [6.45, 7) is 2.34. The lowest BCUT2D eigenvalue weighted by Crippen LogP contribution is -2.08. The van der Waals surface area contributed by atoms with Crippen LogP contribution in [0.5, 0.6) is 0 Å². The SMILES string of the molecule is Cc1nc(-c2ccc(Cl)cc2Cl)n(-c2ccc(Br)cc2)c1CN. The Balaban J connectivity index is 2.27. The predicted octanol–water partition coefficient (Wildman–Crippen LogP) is 5.38.